The molecule has 0 saturated carbocycles. The molecule has 6 heteroatoms. The van der Waals surface area contributed by atoms with E-state index >= 15 is 0 Å². The number of imide groups is 2. The third-order valence-corrected chi connectivity index (χ3v) is 3.64. The van der Waals surface area contributed by atoms with Crippen molar-refractivity contribution in [1.82, 2.24) is 5.32 Å². The largest absolute Gasteiger partial charge is 0.335 e. The zero-order chi connectivity index (χ0) is 18.5. The smallest absolute Gasteiger partial charge is 0.290 e. The summed E-state index contributed by atoms with van der Waals surface area (Å²) in [5.74, 6) is -2.27. The van der Waals surface area contributed by atoms with E-state index in [4.69, 9.17) is 0 Å². The Morgan fingerprint density at radius 1 is 0.885 bits per heavy atom. The number of para-hydroxylation sites is 1. The van der Waals surface area contributed by atoms with Crippen molar-refractivity contribution < 1.29 is 19.2 Å². The molecule has 128 valence electrons. The molecule has 0 bridgehead atoms. The number of anilines is 1. The van der Waals surface area contributed by atoms with E-state index in [0.717, 1.165) is 16.5 Å². The summed E-state index contributed by atoms with van der Waals surface area (Å²) in [5.41, 5.74) is 0.719. The number of hydrogen-bond donors (Lipinski definition) is 1. The van der Waals surface area contributed by atoms with Crippen LogP contribution in [0.1, 0.15) is 5.56 Å². The Morgan fingerprint density at radius 2 is 1.50 bits per heavy atom. The van der Waals surface area contributed by atoms with Gasteiger partial charge in [0.05, 0.1) is 5.69 Å². The van der Waals surface area contributed by atoms with Gasteiger partial charge < -0.3 is 0 Å². The molecule has 1 heterocycles. The Bertz CT molecular complexity index is 931. The quantitative estimate of drug-likeness (QED) is 0.681. The SMILES string of the molecule is O=C(/C=C1/C(=O)NC(=O)N(c2ccccc2)C1=O)/C=C/c1ccccc1. The van der Waals surface area contributed by atoms with Crippen molar-refractivity contribution in [3.63, 3.8) is 0 Å². The Morgan fingerprint density at radius 3 is 2.15 bits per heavy atom. The van der Waals surface area contributed by atoms with Crippen LogP contribution in [0.3, 0.4) is 0 Å². The Balaban J connectivity index is 1.85. The predicted molar refractivity (Wildman–Crippen MR) is 96.0 cm³/mol. The number of nitrogens with zero attached hydrogens (tertiary/aromatic N) is 1. The molecular formula is C20H14N2O4. The average molecular weight is 346 g/mol. The van der Waals surface area contributed by atoms with Gasteiger partial charge in [0.15, 0.2) is 5.78 Å². The number of rotatable bonds is 4. The molecule has 1 N–H and O–H groups in total. The molecule has 2 aromatic carbocycles. The number of nitrogens with one attached hydrogen (secondary N) is 1. The third kappa shape index (κ3) is 3.64. The fourth-order valence-electron chi connectivity index (χ4n) is 2.40. The number of barbiturate groups is 1. The first-order chi connectivity index (χ1) is 12.6. The highest BCUT2D eigenvalue weighted by Crippen LogP contribution is 2.19. The van der Waals surface area contributed by atoms with Crippen LogP contribution in [0.5, 0.6) is 0 Å². The molecule has 3 rings (SSSR count). The predicted octanol–water partition coefficient (Wildman–Crippen LogP) is 2.48. The maximum atomic E-state index is 12.6. The van der Waals surface area contributed by atoms with Gasteiger partial charge in [-0.1, -0.05) is 54.6 Å². The van der Waals surface area contributed by atoms with Gasteiger partial charge in [-0.15, -0.1) is 0 Å². The number of benzene rings is 2. The topological polar surface area (TPSA) is 83.6 Å². The summed E-state index contributed by atoms with van der Waals surface area (Å²) in [5, 5.41) is 2.07. The second-order valence-electron chi connectivity index (χ2n) is 5.44. The van der Waals surface area contributed by atoms with E-state index < -0.39 is 29.2 Å². The van der Waals surface area contributed by atoms with Gasteiger partial charge in [0.2, 0.25) is 0 Å². The van der Waals surface area contributed by atoms with Gasteiger partial charge in [-0.2, -0.15) is 0 Å². The van der Waals surface area contributed by atoms with Gasteiger partial charge in [-0.3, -0.25) is 19.7 Å². The molecule has 0 radical (unpaired) electrons. The summed E-state index contributed by atoms with van der Waals surface area (Å²) in [6.07, 6.45) is 3.76. The van der Waals surface area contributed by atoms with Crippen molar-refractivity contribution in [1.29, 1.82) is 0 Å². The molecule has 2 aromatic rings. The van der Waals surface area contributed by atoms with Gasteiger partial charge in [0, 0.05) is 6.08 Å². The van der Waals surface area contributed by atoms with Gasteiger partial charge >= 0.3 is 6.03 Å². The molecule has 0 unspecified atom stereocenters. The van der Waals surface area contributed by atoms with Crippen LogP contribution in [0.2, 0.25) is 0 Å². The molecule has 1 aliphatic heterocycles. The van der Waals surface area contributed by atoms with Crippen LogP contribution in [-0.4, -0.2) is 23.6 Å². The zero-order valence-corrected chi connectivity index (χ0v) is 13.6. The summed E-state index contributed by atoms with van der Waals surface area (Å²) >= 11 is 0. The molecular weight excluding hydrogens is 332 g/mol. The monoisotopic (exact) mass is 346 g/mol. The molecule has 1 saturated heterocycles. The Kier molecular flexibility index (Phi) is 4.85. The number of carbonyl (C=O) groups excluding carboxylic acids is 4. The van der Waals surface area contributed by atoms with Crippen molar-refractivity contribution >= 4 is 35.4 Å². The lowest BCUT2D eigenvalue weighted by Crippen LogP contribution is -2.54. The van der Waals surface area contributed by atoms with Crippen molar-refractivity contribution in [3.8, 4) is 0 Å². The minimum absolute atomic E-state index is 0.306. The van der Waals surface area contributed by atoms with E-state index in [1.807, 2.05) is 30.3 Å². The summed E-state index contributed by atoms with van der Waals surface area (Å²) in [6.45, 7) is 0. The van der Waals surface area contributed by atoms with E-state index in [2.05, 4.69) is 5.32 Å². The molecule has 1 fully saturated rings. The summed E-state index contributed by atoms with van der Waals surface area (Å²) < 4.78 is 0. The Hall–Kier alpha value is -3.80. The number of amides is 4. The lowest BCUT2D eigenvalue weighted by atomic mass is 10.1. The maximum absolute atomic E-state index is 12.6. The highest BCUT2D eigenvalue weighted by atomic mass is 16.2. The Labute approximate surface area is 149 Å². The highest BCUT2D eigenvalue weighted by Gasteiger charge is 2.36. The number of hydrogen-bond acceptors (Lipinski definition) is 4. The highest BCUT2D eigenvalue weighted by molar-refractivity contribution is 6.39. The van der Waals surface area contributed by atoms with Crippen LogP contribution >= 0.6 is 0 Å². The summed E-state index contributed by atoms with van der Waals surface area (Å²) in [4.78, 5) is 49.5. The van der Waals surface area contributed by atoms with E-state index in [-0.39, 0.29) is 0 Å². The normalized spacial score (nSPS) is 16.2. The van der Waals surface area contributed by atoms with E-state index in [1.165, 1.54) is 6.08 Å². The van der Waals surface area contributed by atoms with E-state index in [9.17, 15) is 19.2 Å². The van der Waals surface area contributed by atoms with Gasteiger partial charge in [-0.05, 0) is 23.8 Å². The molecule has 0 aromatic heterocycles. The van der Waals surface area contributed by atoms with Crippen molar-refractivity contribution in [2.24, 2.45) is 0 Å². The second kappa shape index (κ2) is 7.40. The second-order valence-corrected chi connectivity index (χ2v) is 5.44. The first kappa shape index (κ1) is 17.0. The standard InChI is InChI=1S/C20H14N2O4/c23-16(12-11-14-7-3-1-4-8-14)13-17-18(24)21-20(26)22(19(17)25)15-9-5-2-6-10-15/h1-13H,(H,21,24,26)/b12-11+,17-13-. The van der Waals surface area contributed by atoms with E-state index in [0.29, 0.717) is 5.69 Å². The molecule has 4 amide bonds. The van der Waals surface area contributed by atoms with Crippen LogP contribution in [0.25, 0.3) is 6.08 Å². The fourth-order valence-corrected chi connectivity index (χ4v) is 2.40. The van der Waals surface area contributed by atoms with Crippen molar-refractivity contribution in [3.05, 3.63) is 84.0 Å². The molecule has 0 aliphatic carbocycles. The number of carbonyl (C=O) groups is 4. The third-order valence-electron chi connectivity index (χ3n) is 3.64. The molecule has 26 heavy (non-hydrogen) atoms. The van der Waals surface area contributed by atoms with Gasteiger partial charge in [0.1, 0.15) is 5.57 Å². The fraction of sp³-hybridized carbons (Fsp3) is 0. The minimum Gasteiger partial charge on any atom is -0.290 e. The van der Waals surface area contributed by atoms with Crippen LogP contribution in [0.15, 0.2) is 78.4 Å². The van der Waals surface area contributed by atoms with Crippen molar-refractivity contribution in [2.45, 2.75) is 0 Å². The van der Waals surface area contributed by atoms with Crippen LogP contribution in [0.4, 0.5) is 10.5 Å². The number of allylic oxidation sites excluding steroid dienone is 2. The first-order valence-electron chi connectivity index (χ1n) is 7.80. The molecule has 1 aliphatic rings. The van der Waals surface area contributed by atoms with Gasteiger partial charge in [0.25, 0.3) is 11.8 Å². The summed E-state index contributed by atoms with van der Waals surface area (Å²) in [7, 11) is 0. The van der Waals surface area contributed by atoms with Crippen LogP contribution in [0, 0.1) is 0 Å². The lowest BCUT2D eigenvalue weighted by Gasteiger charge is -2.26. The maximum Gasteiger partial charge on any atom is 0.335 e. The van der Waals surface area contributed by atoms with Crippen LogP contribution in [-0.2, 0) is 14.4 Å². The van der Waals surface area contributed by atoms with Gasteiger partial charge in [-0.25, -0.2) is 9.69 Å². The van der Waals surface area contributed by atoms with Crippen molar-refractivity contribution in [2.75, 3.05) is 4.90 Å². The zero-order valence-electron chi connectivity index (χ0n) is 13.6. The number of urea groups is 1. The average Bonchev–Trinajstić information content (AvgIpc) is 2.65. The molecule has 0 spiro atoms. The molecule has 0 atom stereocenters. The number of ketones is 1. The molecule has 6 nitrogen and oxygen atoms in total. The lowest BCUT2D eigenvalue weighted by molar-refractivity contribution is -0.123. The summed E-state index contributed by atoms with van der Waals surface area (Å²) in [6, 6.07) is 16.4. The van der Waals surface area contributed by atoms with Crippen LogP contribution < -0.4 is 10.2 Å². The minimum atomic E-state index is -0.895. The van der Waals surface area contributed by atoms with E-state index in [1.54, 1.807) is 36.4 Å². The first-order valence-corrected chi connectivity index (χ1v) is 7.80.